The molecule has 6 rings (SSSR count). The number of hydrogen-bond acceptors (Lipinski definition) is 9. The minimum absolute atomic E-state index is 0.294. The van der Waals surface area contributed by atoms with Gasteiger partial charge in [-0.3, -0.25) is 14.6 Å². The number of ether oxygens (including phenoxy) is 3. The number of amides is 2. The van der Waals surface area contributed by atoms with Crippen LogP contribution in [0.3, 0.4) is 0 Å². The molecule has 2 fully saturated rings. The van der Waals surface area contributed by atoms with Gasteiger partial charge in [-0.1, -0.05) is 13.0 Å². The molecule has 1 saturated carbocycles. The highest BCUT2D eigenvalue weighted by atomic mass is 16.5. The summed E-state index contributed by atoms with van der Waals surface area (Å²) in [5, 5.41) is 9.99. The number of piperidine rings is 1. The fourth-order valence-corrected chi connectivity index (χ4v) is 5.67. The fraction of sp³-hybridized carbons (Fsp3) is 0.351. The summed E-state index contributed by atoms with van der Waals surface area (Å²) in [4.78, 5) is 42.6. The highest BCUT2D eigenvalue weighted by Crippen LogP contribution is 2.48. The van der Waals surface area contributed by atoms with E-state index in [-0.39, 0.29) is 11.8 Å². The zero-order chi connectivity index (χ0) is 34.1. The average Bonchev–Trinajstić information content (AvgIpc) is 3.95. The molecule has 0 atom stereocenters. The van der Waals surface area contributed by atoms with E-state index in [2.05, 4.69) is 25.8 Å². The van der Waals surface area contributed by atoms with Gasteiger partial charge in [-0.15, -0.1) is 0 Å². The molecule has 0 bridgehead atoms. The Labute approximate surface area is 281 Å². The van der Waals surface area contributed by atoms with Gasteiger partial charge in [-0.2, -0.15) is 0 Å². The standard InChI is InChI=1S/C34H37N5O5.C3H6O/c1-35-22-12-17-39(18-13-22)25-9-7-23(8-10-25)37-32(40)34(14-15-34)33(41)38-24-5-4-6-26(19-24)44-29-11-16-36-28-21-31(43-3)30(42-2)20-27(28)29;1-2-3-4/h4-11,16,19-22,35H,12-15,17-18H2,1-3H3,(H,37,40)(H,38,41);3H,2H2,1H3. The second-order valence-electron chi connectivity index (χ2n) is 11.8. The molecule has 48 heavy (non-hydrogen) atoms. The smallest absolute Gasteiger partial charge is 0.240 e. The van der Waals surface area contributed by atoms with Crippen molar-refractivity contribution in [2.45, 2.75) is 45.1 Å². The molecule has 2 amide bonds. The van der Waals surface area contributed by atoms with Crippen LogP contribution in [0.2, 0.25) is 0 Å². The number of pyridine rings is 1. The normalized spacial score (nSPS) is 15.0. The number of benzene rings is 3. The third-order valence-corrected chi connectivity index (χ3v) is 8.71. The van der Waals surface area contributed by atoms with Gasteiger partial charge in [0.1, 0.15) is 23.2 Å². The first-order valence-electron chi connectivity index (χ1n) is 16.2. The summed E-state index contributed by atoms with van der Waals surface area (Å²) >= 11 is 0. The summed E-state index contributed by atoms with van der Waals surface area (Å²) in [6.07, 6.45) is 6.37. The van der Waals surface area contributed by atoms with Crippen molar-refractivity contribution >= 4 is 46.1 Å². The van der Waals surface area contributed by atoms with Gasteiger partial charge in [0.25, 0.3) is 0 Å². The first-order valence-corrected chi connectivity index (χ1v) is 16.2. The zero-order valence-electron chi connectivity index (χ0n) is 27.9. The Kier molecular flexibility index (Phi) is 11.1. The third-order valence-electron chi connectivity index (χ3n) is 8.71. The first kappa shape index (κ1) is 34.2. The van der Waals surface area contributed by atoms with Crippen molar-refractivity contribution in [2.75, 3.05) is 49.9 Å². The monoisotopic (exact) mass is 653 g/mol. The van der Waals surface area contributed by atoms with Crippen molar-refractivity contribution < 1.29 is 28.6 Å². The minimum Gasteiger partial charge on any atom is -0.493 e. The SMILES string of the molecule is CCC=O.CNC1CCN(c2ccc(NC(=O)C3(C(=O)Nc4cccc(Oc5ccnc6cc(OC)c(OC)cc56)c4)CC3)cc2)CC1. The van der Waals surface area contributed by atoms with E-state index in [0.29, 0.717) is 65.2 Å². The molecule has 1 aromatic heterocycles. The number of hydrogen-bond donors (Lipinski definition) is 3. The van der Waals surface area contributed by atoms with Crippen LogP contribution in [0.5, 0.6) is 23.0 Å². The Balaban J connectivity index is 0.00000107. The fourth-order valence-electron chi connectivity index (χ4n) is 5.67. The molecule has 0 spiro atoms. The quantitative estimate of drug-likeness (QED) is 0.128. The molecule has 1 saturated heterocycles. The van der Waals surface area contributed by atoms with Gasteiger partial charge in [0.05, 0.1) is 19.7 Å². The molecule has 3 aromatic carbocycles. The van der Waals surface area contributed by atoms with Crippen molar-refractivity contribution in [3.63, 3.8) is 0 Å². The summed E-state index contributed by atoms with van der Waals surface area (Å²) in [5.41, 5.74) is 1.95. The number of fused-ring (bicyclic) bond motifs is 1. The Morgan fingerprint density at radius 3 is 2.15 bits per heavy atom. The van der Waals surface area contributed by atoms with E-state index in [1.807, 2.05) is 44.3 Å². The summed E-state index contributed by atoms with van der Waals surface area (Å²) in [5.74, 6) is 1.61. The number of carbonyl (C=O) groups excluding carboxylic acids is 3. The van der Waals surface area contributed by atoms with E-state index in [1.54, 1.807) is 56.8 Å². The molecule has 0 radical (unpaired) electrons. The second kappa shape index (κ2) is 15.6. The van der Waals surface area contributed by atoms with Crippen molar-refractivity contribution in [1.29, 1.82) is 0 Å². The summed E-state index contributed by atoms with van der Waals surface area (Å²) in [6, 6.07) is 20.9. The molecule has 2 aliphatic rings. The number of rotatable bonds is 11. The molecule has 11 heteroatoms. The van der Waals surface area contributed by atoms with Gasteiger partial charge in [-0.05, 0) is 81.3 Å². The Morgan fingerprint density at radius 2 is 1.54 bits per heavy atom. The van der Waals surface area contributed by atoms with Gasteiger partial charge in [0.15, 0.2) is 11.5 Å². The van der Waals surface area contributed by atoms with Gasteiger partial charge < -0.3 is 39.9 Å². The van der Waals surface area contributed by atoms with Crippen LogP contribution < -0.4 is 35.1 Å². The van der Waals surface area contributed by atoms with Crippen LogP contribution >= 0.6 is 0 Å². The summed E-state index contributed by atoms with van der Waals surface area (Å²) < 4.78 is 17.1. The Morgan fingerprint density at radius 1 is 0.896 bits per heavy atom. The number of methoxy groups -OCH3 is 2. The van der Waals surface area contributed by atoms with Crippen LogP contribution in [-0.4, -0.2) is 63.5 Å². The Hall–Kier alpha value is -5.16. The largest absolute Gasteiger partial charge is 0.493 e. The number of aldehydes is 1. The van der Waals surface area contributed by atoms with E-state index < -0.39 is 5.41 Å². The lowest BCUT2D eigenvalue weighted by Crippen LogP contribution is -2.41. The minimum atomic E-state index is -1.10. The molecule has 1 aliphatic heterocycles. The number of nitrogens with zero attached hydrogens (tertiary/aromatic N) is 2. The first-order chi connectivity index (χ1) is 23.3. The van der Waals surface area contributed by atoms with Crippen molar-refractivity contribution in [2.24, 2.45) is 5.41 Å². The van der Waals surface area contributed by atoms with Crippen molar-refractivity contribution in [3.8, 4) is 23.0 Å². The van der Waals surface area contributed by atoms with Gasteiger partial charge >= 0.3 is 0 Å². The number of carbonyl (C=O) groups is 3. The number of anilines is 3. The molecule has 2 heterocycles. The van der Waals surface area contributed by atoms with Crippen LogP contribution in [0.15, 0.2) is 72.9 Å². The zero-order valence-corrected chi connectivity index (χ0v) is 27.9. The van der Waals surface area contributed by atoms with E-state index in [0.717, 1.165) is 43.3 Å². The molecular formula is C37H43N5O6. The van der Waals surface area contributed by atoms with Gasteiger partial charge in [0, 0.05) is 66.3 Å². The highest BCUT2D eigenvalue weighted by Gasteiger charge is 2.56. The second-order valence-corrected chi connectivity index (χ2v) is 11.8. The maximum atomic E-state index is 13.4. The lowest BCUT2D eigenvalue weighted by Gasteiger charge is -2.33. The lowest BCUT2D eigenvalue weighted by atomic mass is 10.0. The van der Waals surface area contributed by atoms with Crippen LogP contribution in [0, 0.1) is 5.41 Å². The number of aromatic nitrogens is 1. The predicted octanol–water partition coefficient (Wildman–Crippen LogP) is 6.19. The molecule has 3 N–H and O–H groups in total. The van der Waals surface area contributed by atoms with Crippen LogP contribution in [0.1, 0.15) is 39.0 Å². The highest BCUT2D eigenvalue weighted by molar-refractivity contribution is 6.17. The molecule has 1 aliphatic carbocycles. The molecule has 11 nitrogen and oxygen atoms in total. The lowest BCUT2D eigenvalue weighted by molar-refractivity contribution is -0.131. The van der Waals surface area contributed by atoms with Crippen molar-refractivity contribution in [3.05, 3.63) is 72.9 Å². The number of nitrogens with one attached hydrogen (secondary N) is 3. The van der Waals surface area contributed by atoms with E-state index >= 15 is 0 Å². The van der Waals surface area contributed by atoms with Gasteiger partial charge in [-0.25, -0.2) is 0 Å². The maximum absolute atomic E-state index is 13.4. The van der Waals surface area contributed by atoms with Crippen LogP contribution in [0.25, 0.3) is 10.9 Å². The van der Waals surface area contributed by atoms with Crippen LogP contribution in [-0.2, 0) is 14.4 Å². The van der Waals surface area contributed by atoms with Crippen LogP contribution in [0.4, 0.5) is 17.1 Å². The Bertz CT molecular complexity index is 1730. The van der Waals surface area contributed by atoms with E-state index in [4.69, 9.17) is 14.2 Å². The third kappa shape index (κ3) is 7.86. The molecule has 252 valence electrons. The van der Waals surface area contributed by atoms with E-state index in [9.17, 15) is 14.4 Å². The van der Waals surface area contributed by atoms with E-state index in [1.165, 1.54) is 0 Å². The summed E-state index contributed by atoms with van der Waals surface area (Å²) in [6.45, 7) is 3.80. The van der Waals surface area contributed by atoms with Crippen molar-refractivity contribution in [1.82, 2.24) is 10.3 Å². The predicted molar refractivity (Wildman–Crippen MR) is 187 cm³/mol. The molecule has 0 unspecified atom stereocenters. The summed E-state index contributed by atoms with van der Waals surface area (Å²) in [7, 11) is 5.16. The van der Waals surface area contributed by atoms with Gasteiger partial charge in [0.2, 0.25) is 11.8 Å². The molecule has 4 aromatic rings. The maximum Gasteiger partial charge on any atom is 0.240 e. The topological polar surface area (TPSA) is 131 Å². The molecular weight excluding hydrogens is 610 g/mol. The average molecular weight is 654 g/mol.